The van der Waals surface area contributed by atoms with Crippen LogP contribution in [0.5, 0.6) is 0 Å². The Kier molecular flexibility index (Phi) is 3.13. The van der Waals surface area contributed by atoms with E-state index in [1.165, 1.54) is 12.8 Å². The molecule has 0 amide bonds. The highest BCUT2D eigenvalue weighted by Gasteiger charge is 2.22. The van der Waals surface area contributed by atoms with Gasteiger partial charge in [0.05, 0.1) is 5.69 Å². The smallest absolute Gasteiger partial charge is 0.132 e. The van der Waals surface area contributed by atoms with Crippen molar-refractivity contribution in [1.29, 1.82) is 0 Å². The van der Waals surface area contributed by atoms with Crippen molar-refractivity contribution < 1.29 is 0 Å². The summed E-state index contributed by atoms with van der Waals surface area (Å²) in [6.45, 7) is 8.97. The lowest BCUT2D eigenvalue weighted by Crippen LogP contribution is -2.22. The first kappa shape index (κ1) is 11.4. The summed E-state index contributed by atoms with van der Waals surface area (Å²) in [5.74, 6) is 1.10. The van der Waals surface area contributed by atoms with E-state index in [1.54, 1.807) is 6.33 Å². The third-order valence-corrected chi connectivity index (χ3v) is 3.66. The second-order valence-electron chi connectivity index (χ2n) is 5.19. The molecule has 1 saturated heterocycles. The van der Waals surface area contributed by atoms with Crippen LogP contribution >= 0.6 is 0 Å². The van der Waals surface area contributed by atoms with Crippen LogP contribution in [0.1, 0.15) is 45.7 Å². The Hall–Kier alpha value is -1.12. The van der Waals surface area contributed by atoms with Gasteiger partial charge in [0, 0.05) is 24.6 Å². The van der Waals surface area contributed by atoms with Crippen molar-refractivity contribution >= 4 is 5.82 Å². The predicted octanol–water partition coefficient (Wildman–Crippen LogP) is 2.76. The van der Waals surface area contributed by atoms with E-state index in [4.69, 9.17) is 0 Å². The molecule has 2 rings (SSSR count). The molecule has 1 aliphatic rings. The van der Waals surface area contributed by atoms with Crippen molar-refractivity contribution in [2.24, 2.45) is 0 Å². The molecule has 3 heteroatoms. The maximum absolute atomic E-state index is 4.42. The SMILES string of the molecule is CCC(C)(C)c1cc(N2CCCC2)ncn1. The molecule has 16 heavy (non-hydrogen) atoms. The number of hydrogen-bond acceptors (Lipinski definition) is 3. The molecule has 1 aromatic rings. The van der Waals surface area contributed by atoms with Crippen molar-refractivity contribution in [3.63, 3.8) is 0 Å². The van der Waals surface area contributed by atoms with Gasteiger partial charge in [0.25, 0.3) is 0 Å². The maximum atomic E-state index is 4.42. The summed E-state index contributed by atoms with van der Waals surface area (Å²) < 4.78 is 0. The zero-order valence-corrected chi connectivity index (χ0v) is 10.5. The Morgan fingerprint density at radius 3 is 2.56 bits per heavy atom. The van der Waals surface area contributed by atoms with Crippen LogP contribution in [-0.2, 0) is 5.41 Å². The molecule has 0 bridgehead atoms. The molecule has 2 heterocycles. The van der Waals surface area contributed by atoms with Gasteiger partial charge >= 0.3 is 0 Å². The number of anilines is 1. The highest BCUT2D eigenvalue weighted by Crippen LogP contribution is 2.27. The van der Waals surface area contributed by atoms with E-state index in [0.29, 0.717) is 0 Å². The minimum absolute atomic E-state index is 0.150. The molecule has 1 aromatic heterocycles. The molecule has 0 radical (unpaired) electrons. The van der Waals surface area contributed by atoms with Gasteiger partial charge in [-0.05, 0) is 19.3 Å². The molecule has 0 spiro atoms. The van der Waals surface area contributed by atoms with Gasteiger partial charge in [0.15, 0.2) is 0 Å². The van der Waals surface area contributed by atoms with Gasteiger partial charge < -0.3 is 4.90 Å². The monoisotopic (exact) mass is 219 g/mol. The quantitative estimate of drug-likeness (QED) is 0.782. The van der Waals surface area contributed by atoms with E-state index in [2.05, 4.69) is 41.7 Å². The van der Waals surface area contributed by atoms with E-state index < -0.39 is 0 Å². The van der Waals surface area contributed by atoms with Gasteiger partial charge in [0.2, 0.25) is 0 Å². The zero-order valence-electron chi connectivity index (χ0n) is 10.5. The van der Waals surface area contributed by atoms with Crippen LogP contribution in [0.15, 0.2) is 12.4 Å². The van der Waals surface area contributed by atoms with E-state index in [-0.39, 0.29) is 5.41 Å². The number of rotatable bonds is 3. The summed E-state index contributed by atoms with van der Waals surface area (Å²) in [6.07, 6.45) is 5.39. The van der Waals surface area contributed by atoms with E-state index >= 15 is 0 Å². The molecule has 0 saturated carbocycles. The van der Waals surface area contributed by atoms with E-state index in [1.807, 2.05) is 0 Å². The van der Waals surface area contributed by atoms with E-state index in [9.17, 15) is 0 Å². The van der Waals surface area contributed by atoms with Crippen molar-refractivity contribution in [3.05, 3.63) is 18.1 Å². The molecule has 1 aliphatic heterocycles. The topological polar surface area (TPSA) is 29.0 Å². The Morgan fingerprint density at radius 2 is 1.94 bits per heavy atom. The number of nitrogens with zero attached hydrogens (tertiary/aromatic N) is 3. The highest BCUT2D eigenvalue weighted by molar-refractivity contribution is 5.41. The summed E-state index contributed by atoms with van der Waals surface area (Å²) in [5.41, 5.74) is 1.31. The van der Waals surface area contributed by atoms with Crippen molar-refractivity contribution in [1.82, 2.24) is 9.97 Å². The van der Waals surface area contributed by atoms with Crippen molar-refractivity contribution in [2.45, 2.75) is 45.4 Å². The second kappa shape index (κ2) is 4.40. The highest BCUT2D eigenvalue weighted by atomic mass is 15.2. The van der Waals surface area contributed by atoms with Crippen LogP contribution in [0.25, 0.3) is 0 Å². The van der Waals surface area contributed by atoms with Crippen molar-refractivity contribution in [3.8, 4) is 0 Å². The number of hydrogen-bond donors (Lipinski definition) is 0. The van der Waals surface area contributed by atoms with Gasteiger partial charge in [-0.3, -0.25) is 0 Å². The lowest BCUT2D eigenvalue weighted by molar-refractivity contribution is 0.489. The predicted molar refractivity (Wildman–Crippen MR) is 66.8 cm³/mol. The molecular formula is C13H21N3. The first-order valence-electron chi connectivity index (χ1n) is 6.21. The first-order chi connectivity index (χ1) is 7.63. The summed E-state index contributed by atoms with van der Waals surface area (Å²) in [6, 6.07) is 2.16. The Balaban J connectivity index is 2.25. The molecule has 0 aliphatic carbocycles. The normalized spacial score (nSPS) is 16.8. The Labute approximate surface area is 97.9 Å². The van der Waals surface area contributed by atoms with Crippen LogP contribution in [0.4, 0.5) is 5.82 Å². The molecule has 3 nitrogen and oxygen atoms in total. The Bertz CT molecular complexity index is 354. The Morgan fingerprint density at radius 1 is 1.25 bits per heavy atom. The summed E-state index contributed by atoms with van der Waals surface area (Å²) in [4.78, 5) is 11.2. The minimum Gasteiger partial charge on any atom is -0.357 e. The molecule has 0 aromatic carbocycles. The van der Waals surface area contributed by atoms with Crippen molar-refractivity contribution in [2.75, 3.05) is 18.0 Å². The van der Waals surface area contributed by atoms with Gasteiger partial charge in [-0.15, -0.1) is 0 Å². The molecule has 0 N–H and O–H groups in total. The third-order valence-electron chi connectivity index (χ3n) is 3.66. The van der Waals surface area contributed by atoms with Crippen LogP contribution in [0, 0.1) is 0 Å². The van der Waals surface area contributed by atoms with Gasteiger partial charge in [0.1, 0.15) is 12.1 Å². The molecule has 0 unspecified atom stereocenters. The number of aromatic nitrogens is 2. The maximum Gasteiger partial charge on any atom is 0.132 e. The van der Waals surface area contributed by atoms with Crippen LogP contribution in [0.2, 0.25) is 0 Å². The third kappa shape index (κ3) is 2.18. The van der Waals surface area contributed by atoms with Gasteiger partial charge in [-0.25, -0.2) is 9.97 Å². The van der Waals surface area contributed by atoms with Gasteiger partial charge in [-0.1, -0.05) is 20.8 Å². The largest absolute Gasteiger partial charge is 0.357 e. The van der Waals surface area contributed by atoms with Crippen LogP contribution in [-0.4, -0.2) is 23.1 Å². The molecular weight excluding hydrogens is 198 g/mol. The lowest BCUT2D eigenvalue weighted by atomic mass is 9.86. The molecule has 1 fully saturated rings. The average Bonchev–Trinajstić information content (AvgIpc) is 2.83. The fourth-order valence-electron chi connectivity index (χ4n) is 2.02. The molecule has 0 atom stereocenters. The standard InChI is InChI=1S/C13H21N3/c1-4-13(2,3)11-9-12(15-10-14-11)16-7-5-6-8-16/h9-10H,4-8H2,1-3H3. The fraction of sp³-hybridized carbons (Fsp3) is 0.692. The van der Waals surface area contributed by atoms with Crippen LogP contribution in [0.3, 0.4) is 0 Å². The van der Waals surface area contributed by atoms with Gasteiger partial charge in [-0.2, -0.15) is 0 Å². The fourth-order valence-corrected chi connectivity index (χ4v) is 2.02. The summed E-state index contributed by atoms with van der Waals surface area (Å²) in [7, 11) is 0. The van der Waals surface area contributed by atoms with Crippen LogP contribution < -0.4 is 4.90 Å². The first-order valence-corrected chi connectivity index (χ1v) is 6.21. The summed E-state index contributed by atoms with van der Waals surface area (Å²) in [5, 5.41) is 0. The lowest BCUT2D eigenvalue weighted by Gasteiger charge is -2.24. The average molecular weight is 219 g/mol. The molecule has 88 valence electrons. The summed E-state index contributed by atoms with van der Waals surface area (Å²) >= 11 is 0. The second-order valence-corrected chi connectivity index (χ2v) is 5.19. The zero-order chi connectivity index (χ0) is 11.6. The minimum atomic E-state index is 0.150. The van der Waals surface area contributed by atoms with E-state index in [0.717, 1.165) is 31.0 Å².